The van der Waals surface area contributed by atoms with Crippen LogP contribution in [-0.2, 0) is 11.3 Å². The van der Waals surface area contributed by atoms with Crippen molar-refractivity contribution in [3.05, 3.63) is 66.4 Å². The van der Waals surface area contributed by atoms with E-state index in [9.17, 15) is 14.4 Å². The molecule has 2 aromatic carbocycles. The molecule has 3 rings (SSSR count). The minimum Gasteiger partial charge on any atom is -0.350 e. The number of hydrogen-bond donors (Lipinski definition) is 3. The SMILES string of the molecule is CN(C)C(=O)Cn1ccc2cc(NC(=O)NCCNC(=O)c3ccccc3)ccc21. The number of nitrogens with one attached hydrogen (secondary N) is 3. The van der Waals surface area contributed by atoms with Gasteiger partial charge in [-0.1, -0.05) is 18.2 Å². The van der Waals surface area contributed by atoms with Crippen molar-refractivity contribution in [3.8, 4) is 0 Å². The second-order valence-electron chi connectivity index (χ2n) is 7.01. The molecule has 0 atom stereocenters. The molecule has 3 aromatic rings. The Morgan fingerprint density at radius 3 is 2.40 bits per heavy atom. The van der Waals surface area contributed by atoms with Gasteiger partial charge in [-0.15, -0.1) is 0 Å². The van der Waals surface area contributed by atoms with Gasteiger partial charge in [0, 0.05) is 55.5 Å². The van der Waals surface area contributed by atoms with E-state index in [1.165, 1.54) is 0 Å². The zero-order valence-corrected chi connectivity index (χ0v) is 17.0. The molecule has 0 aliphatic heterocycles. The van der Waals surface area contributed by atoms with Gasteiger partial charge in [-0.2, -0.15) is 0 Å². The van der Waals surface area contributed by atoms with Gasteiger partial charge in [-0.3, -0.25) is 9.59 Å². The van der Waals surface area contributed by atoms with Crippen LogP contribution in [0.2, 0.25) is 0 Å². The normalized spacial score (nSPS) is 10.5. The van der Waals surface area contributed by atoms with E-state index in [1.807, 2.05) is 35.0 Å². The minimum atomic E-state index is -0.356. The summed E-state index contributed by atoms with van der Waals surface area (Å²) in [6.45, 7) is 0.886. The number of benzene rings is 2. The second-order valence-corrected chi connectivity index (χ2v) is 7.01. The number of anilines is 1. The molecule has 8 heteroatoms. The van der Waals surface area contributed by atoms with Gasteiger partial charge in [-0.05, 0) is 36.4 Å². The van der Waals surface area contributed by atoms with Crippen LogP contribution in [0.15, 0.2) is 60.8 Å². The summed E-state index contributed by atoms with van der Waals surface area (Å²) in [5.74, 6) is -0.172. The van der Waals surface area contributed by atoms with Crippen molar-refractivity contribution in [1.82, 2.24) is 20.1 Å². The fourth-order valence-corrected chi connectivity index (χ4v) is 2.92. The van der Waals surface area contributed by atoms with Gasteiger partial charge < -0.3 is 25.4 Å². The fraction of sp³-hybridized carbons (Fsp3) is 0.227. The van der Waals surface area contributed by atoms with Crippen molar-refractivity contribution in [2.45, 2.75) is 6.54 Å². The summed E-state index contributed by atoms with van der Waals surface area (Å²) in [7, 11) is 3.45. The summed E-state index contributed by atoms with van der Waals surface area (Å²) >= 11 is 0. The van der Waals surface area contributed by atoms with Crippen LogP contribution in [0.3, 0.4) is 0 Å². The maximum absolute atomic E-state index is 12.1. The largest absolute Gasteiger partial charge is 0.350 e. The van der Waals surface area contributed by atoms with Crippen LogP contribution in [0, 0.1) is 0 Å². The standard InChI is InChI=1S/C22H25N5O3/c1-26(2)20(28)15-27-13-10-17-14-18(8-9-19(17)27)25-22(30)24-12-11-23-21(29)16-6-4-3-5-7-16/h3-10,13-14H,11-12,15H2,1-2H3,(H,23,29)(H2,24,25,30). The number of rotatable bonds is 7. The van der Waals surface area contributed by atoms with Crippen molar-refractivity contribution in [2.75, 3.05) is 32.5 Å². The lowest BCUT2D eigenvalue weighted by Crippen LogP contribution is -2.36. The van der Waals surface area contributed by atoms with Gasteiger partial charge >= 0.3 is 6.03 Å². The monoisotopic (exact) mass is 407 g/mol. The molecule has 30 heavy (non-hydrogen) atoms. The Morgan fingerprint density at radius 1 is 0.933 bits per heavy atom. The molecular formula is C22H25N5O3. The summed E-state index contributed by atoms with van der Waals surface area (Å²) in [5.41, 5.74) is 2.14. The fourth-order valence-electron chi connectivity index (χ4n) is 2.92. The van der Waals surface area contributed by atoms with E-state index in [0.717, 1.165) is 10.9 Å². The number of aromatic nitrogens is 1. The van der Waals surface area contributed by atoms with Crippen LogP contribution in [-0.4, -0.2) is 54.5 Å². The topological polar surface area (TPSA) is 95.5 Å². The third-order valence-electron chi connectivity index (χ3n) is 4.57. The van der Waals surface area contributed by atoms with E-state index in [1.54, 1.807) is 49.3 Å². The third-order valence-corrected chi connectivity index (χ3v) is 4.57. The number of hydrogen-bond acceptors (Lipinski definition) is 3. The molecule has 0 unspecified atom stereocenters. The summed E-state index contributed by atoms with van der Waals surface area (Å²) in [6, 6.07) is 16.0. The minimum absolute atomic E-state index is 0.00781. The average molecular weight is 407 g/mol. The van der Waals surface area contributed by atoms with Crippen LogP contribution in [0.5, 0.6) is 0 Å². The summed E-state index contributed by atoms with van der Waals surface area (Å²) in [6.07, 6.45) is 1.85. The van der Waals surface area contributed by atoms with Crippen LogP contribution in [0.1, 0.15) is 10.4 Å². The highest BCUT2D eigenvalue weighted by atomic mass is 16.2. The van der Waals surface area contributed by atoms with Crippen molar-refractivity contribution in [1.29, 1.82) is 0 Å². The maximum Gasteiger partial charge on any atom is 0.319 e. The quantitative estimate of drug-likeness (QED) is 0.525. The molecule has 1 aromatic heterocycles. The van der Waals surface area contributed by atoms with Crippen LogP contribution >= 0.6 is 0 Å². The van der Waals surface area contributed by atoms with E-state index < -0.39 is 0 Å². The lowest BCUT2D eigenvalue weighted by atomic mass is 10.2. The predicted octanol–water partition coefficient (Wildman–Crippen LogP) is 2.28. The molecule has 0 spiro atoms. The predicted molar refractivity (Wildman–Crippen MR) is 116 cm³/mol. The van der Waals surface area contributed by atoms with Crippen LogP contribution in [0.4, 0.5) is 10.5 Å². The van der Waals surface area contributed by atoms with Crippen molar-refractivity contribution < 1.29 is 14.4 Å². The van der Waals surface area contributed by atoms with E-state index in [2.05, 4.69) is 16.0 Å². The third kappa shape index (κ3) is 5.38. The van der Waals surface area contributed by atoms with Crippen molar-refractivity contribution in [3.63, 3.8) is 0 Å². The van der Waals surface area contributed by atoms with E-state index >= 15 is 0 Å². The van der Waals surface area contributed by atoms with Crippen LogP contribution in [0.25, 0.3) is 10.9 Å². The number of nitrogens with zero attached hydrogens (tertiary/aromatic N) is 2. The van der Waals surface area contributed by atoms with Crippen molar-refractivity contribution >= 4 is 34.4 Å². The van der Waals surface area contributed by atoms with Crippen LogP contribution < -0.4 is 16.0 Å². The Kier molecular flexibility index (Phi) is 6.69. The molecular weight excluding hydrogens is 382 g/mol. The molecule has 8 nitrogen and oxygen atoms in total. The Labute approximate surface area is 174 Å². The van der Waals surface area contributed by atoms with E-state index in [4.69, 9.17) is 0 Å². The Balaban J connectivity index is 1.48. The molecule has 0 aliphatic carbocycles. The zero-order valence-electron chi connectivity index (χ0n) is 17.0. The highest BCUT2D eigenvalue weighted by Crippen LogP contribution is 2.20. The number of amides is 4. The highest BCUT2D eigenvalue weighted by Gasteiger charge is 2.09. The molecule has 1 heterocycles. The number of carbonyl (C=O) groups excluding carboxylic acids is 3. The van der Waals surface area contributed by atoms with Gasteiger partial charge in [0.25, 0.3) is 5.91 Å². The molecule has 0 fully saturated rings. The Hall–Kier alpha value is -3.81. The van der Waals surface area contributed by atoms with Gasteiger partial charge in [0.15, 0.2) is 0 Å². The van der Waals surface area contributed by atoms with Gasteiger partial charge in [0.1, 0.15) is 6.54 Å². The molecule has 0 bridgehead atoms. The zero-order chi connectivity index (χ0) is 21.5. The first-order chi connectivity index (χ1) is 14.4. The average Bonchev–Trinajstić information content (AvgIpc) is 3.13. The number of carbonyl (C=O) groups is 3. The van der Waals surface area contributed by atoms with Gasteiger partial charge in [-0.25, -0.2) is 4.79 Å². The summed E-state index contributed by atoms with van der Waals surface area (Å²) in [4.78, 5) is 37.5. The molecule has 156 valence electrons. The van der Waals surface area contributed by atoms with Gasteiger partial charge in [0.2, 0.25) is 5.91 Å². The summed E-state index contributed by atoms with van der Waals surface area (Å²) < 4.78 is 1.87. The smallest absolute Gasteiger partial charge is 0.319 e. The Morgan fingerprint density at radius 2 is 1.67 bits per heavy atom. The van der Waals surface area contributed by atoms with E-state index in [0.29, 0.717) is 24.3 Å². The number of fused-ring (bicyclic) bond motifs is 1. The Bertz CT molecular complexity index is 1040. The highest BCUT2D eigenvalue weighted by molar-refractivity contribution is 5.94. The first-order valence-electron chi connectivity index (χ1n) is 9.61. The molecule has 4 amide bonds. The first-order valence-corrected chi connectivity index (χ1v) is 9.61. The van der Waals surface area contributed by atoms with E-state index in [-0.39, 0.29) is 24.4 Å². The maximum atomic E-state index is 12.1. The molecule has 3 N–H and O–H groups in total. The number of urea groups is 1. The lowest BCUT2D eigenvalue weighted by molar-refractivity contribution is -0.129. The molecule has 0 saturated carbocycles. The summed E-state index contributed by atoms with van der Waals surface area (Å²) in [5, 5.41) is 9.16. The second kappa shape index (κ2) is 9.60. The lowest BCUT2D eigenvalue weighted by Gasteiger charge is -2.12. The van der Waals surface area contributed by atoms with Crippen molar-refractivity contribution in [2.24, 2.45) is 0 Å². The number of likely N-dealkylation sites (N-methyl/N-ethyl adjacent to an activating group) is 1. The molecule has 0 aliphatic rings. The molecule has 0 radical (unpaired) electrons. The molecule has 0 saturated heterocycles. The van der Waals surface area contributed by atoms with Gasteiger partial charge in [0.05, 0.1) is 0 Å². The first kappa shape index (κ1) is 20.9.